The monoisotopic (exact) mass is 462 g/mol. The van der Waals surface area contributed by atoms with E-state index in [0.717, 1.165) is 0 Å². The summed E-state index contributed by atoms with van der Waals surface area (Å²) in [7, 11) is 0. The zero-order chi connectivity index (χ0) is 24.1. The second kappa shape index (κ2) is 14.6. The lowest BCUT2D eigenvalue weighted by atomic mass is 10.0. The Labute approximate surface area is 186 Å². The first kappa shape index (κ1) is 28.7. The molecule has 4 unspecified atom stereocenters. The van der Waals surface area contributed by atoms with Crippen LogP contribution in [0.3, 0.4) is 0 Å². The van der Waals surface area contributed by atoms with E-state index in [1.54, 1.807) is 0 Å². The Morgan fingerprint density at radius 3 is 1.94 bits per heavy atom. The molecule has 0 spiro atoms. The number of carboxylic acids is 2. The lowest BCUT2D eigenvalue weighted by molar-refractivity contribution is -0.142. The average Bonchev–Trinajstić information content (AvgIpc) is 2.66. The number of amides is 3. The molecule has 178 valence electrons. The zero-order valence-electron chi connectivity index (χ0n) is 18.3. The summed E-state index contributed by atoms with van der Waals surface area (Å²) in [5, 5.41) is 25.3. The third-order valence-corrected chi connectivity index (χ3v) is 4.96. The van der Waals surface area contributed by atoms with Gasteiger partial charge in [-0.05, 0) is 44.1 Å². The number of carbonyl (C=O) groups is 5. The van der Waals surface area contributed by atoms with Gasteiger partial charge < -0.3 is 31.9 Å². The van der Waals surface area contributed by atoms with Crippen LogP contribution < -0.4 is 21.7 Å². The molecule has 0 aliphatic carbocycles. The van der Waals surface area contributed by atoms with Gasteiger partial charge in [0.25, 0.3) is 0 Å². The number of thioether (sulfide) groups is 1. The Bertz CT molecular complexity index is 645. The lowest BCUT2D eigenvalue weighted by Gasteiger charge is -2.23. The first-order chi connectivity index (χ1) is 14.4. The minimum Gasteiger partial charge on any atom is -0.481 e. The van der Waals surface area contributed by atoms with Gasteiger partial charge in [-0.2, -0.15) is 11.8 Å². The van der Waals surface area contributed by atoms with Crippen LogP contribution >= 0.6 is 11.8 Å². The predicted molar refractivity (Wildman–Crippen MR) is 116 cm³/mol. The van der Waals surface area contributed by atoms with Crippen molar-refractivity contribution in [1.29, 1.82) is 0 Å². The maximum atomic E-state index is 12.6. The molecule has 0 saturated heterocycles. The van der Waals surface area contributed by atoms with Gasteiger partial charge in [0.05, 0.1) is 6.04 Å². The SMILES string of the molecule is CSCCC(NC(=O)C(C)NC(=O)C(CCC(=O)O)NC(=O)C(N)CC(C)C)C(=O)O. The number of nitrogens with two attached hydrogens (primary N) is 1. The van der Waals surface area contributed by atoms with Crippen molar-refractivity contribution in [1.82, 2.24) is 16.0 Å². The molecule has 0 aromatic carbocycles. The van der Waals surface area contributed by atoms with Crippen molar-refractivity contribution < 1.29 is 34.2 Å². The minimum atomic E-state index is -1.20. The highest BCUT2D eigenvalue weighted by Gasteiger charge is 2.28. The summed E-state index contributed by atoms with van der Waals surface area (Å²) in [6, 6.07) is -4.27. The van der Waals surface area contributed by atoms with Crippen LogP contribution in [0.5, 0.6) is 0 Å². The van der Waals surface area contributed by atoms with E-state index in [1.165, 1.54) is 18.7 Å². The standard InChI is InChI=1S/C19H34N4O7S/c1-10(2)9-12(20)17(27)22-13(5-6-15(24)25)18(28)21-11(3)16(26)23-14(19(29)30)7-8-31-4/h10-14H,5-9,20H2,1-4H3,(H,21,28)(H,22,27)(H,23,26)(H,24,25)(H,29,30). The molecule has 7 N–H and O–H groups in total. The number of nitrogens with one attached hydrogen (secondary N) is 3. The molecule has 0 bridgehead atoms. The Hall–Kier alpha value is -2.34. The Morgan fingerprint density at radius 1 is 0.871 bits per heavy atom. The van der Waals surface area contributed by atoms with Gasteiger partial charge in [0.15, 0.2) is 0 Å². The van der Waals surface area contributed by atoms with Gasteiger partial charge >= 0.3 is 11.9 Å². The summed E-state index contributed by atoms with van der Waals surface area (Å²) < 4.78 is 0. The third-order valence-electron chi connectivity index (χ3n) is 4.32. The molecule has 0 saturated carbocycles. The highest BCUT2D eigenvalue weighted by atomic mass is 32.2. The van der Waals surface area contributed by atoms with Crippen LogP contribution in [0.2, 0.25) is 0 Å². The number of aliphatic carboxylic acids is 2. The van der Waals surface area contributed by atoms with Gasteiger partial charge in [-0.3, -0.25) is 19.2 Å². The van der Waals surface area contributed by atoms with Crippen molar-refractivity contribution in [2.75, 3.05) is 12.0 Å². The second-order valence-corrected chi connectivity index (χ2v) is 8.63. The Morgan fingerprint density at radius 2 is 1.45 bits per heavy atom. The molecule has 0 aliphatic heterocycles. The summed E-state index contributed by atoms with van der Waals surface area (Å²) in [5.74, 6) is -3.73. The van der Waals surface area contributed by atoms with E-state index in [2.05, 4.69) is 16.0 Å². The maximum Gasteiger partial charge on any atom is 0.326 e. The number of hydrogen-bond donors (Lipinski definition) is 6. The number of carbonyl (C=O) groups excluding carboxylic acids is 3. The van der Waals surface area contributed by atoms with Crippen LogP contribution in [-0.2, 0) is 24.0 Å². The largest absolute Gasteiger partial charge is 0.481 e. The van der Waals surface area contributed by atoms with Crippen LogP contribution in [0.4, 0.5) is 0 Å². The first-order valence-corrected chi connectivity index (χ1v) is 11.4. The lowest BCUT2D eigenvalue weighted by Crippen LogP contribution is -2.56. The Kier molecular flexibility index (Phi) is 13.5. The van der Waals surface area contributed by atoms with Crippen molar-refractivity contribution in [2.24, 2.45) is 11.7 Å². The maximum absolute atomic E-state index is 12.6. The number of carboxylic acid groups (broad SMARTS) is 2. The summed E-state index contributed by atoms with van der Waals surface area (Å²) in [6.07, 6.45) is 1.83. The molecular weight excluding hydrogens is 428 g/mol. The van der Waals surface area contributed by atoms with Crippen molar-refractivity contribution >= 4 is 41.4 Å². The number of hydrogen-bond acceptors (Lipinski definition) is 7. The smallest absolute Gasteiger partial charge is 0.326 e. The summed E-state index contributed by atoms with van der Waals surface area (Å²) in [6.45, 7) is 5.12. The van der Waals surface area contributed by atoms with E-state index in [-0.39, 0.29) is 25.2 Å². The molecular formula is C19H34N4O7S. The molecule has 0 aromatic rings. The van der Waals surface area contributed by atoms with Gasteiger partial charge in [0.1, 0.15) is 18.1 Å². The summed E-state index contributed by atoms with van der Waals surface area (Å²) in [5.41, 5.74) is 5.81. The molecule has 0 heterocycles. The molecule has 12 heteroatoms. The van der Waals surface area contributed by atoms with E-state index in [1.807, 2.05) is 20.1 Å². The normalized spacial score (nSPS) is 14.8. The molecule has 11 nitrogen and oxygen atoms in total. The van der Waals surface area contributed by atoms with Crippen LogP contribution in [0.1, 0.15) is 46.5 Å². The molecule has 0 fully saturated rings. The predicted octanol–water partition coefficient (Wildman–Crippen LogP) is -0.463. The second-order valence-electron chi connectivity index (χ2n) is 7.64. The topological polar surface area (TPSA) is 188 Å². The van der Waals surface area contributed by atoms with Crippen molar-refractivity contribution in [3.8, 4) is 0 Å². The third kappa shape index (κ3) is 12.2. The van der Waals surface area contributed by atoms with Crippen LogP contribution in [0.15, 0.2) is 0 Å². The van der Waals surface area contributed by atoms with Crippen molar-refractivity contribution in [2.45, 2.75) is 70.6 Å². The van der Waals surface area contributed by atoms with Crippen molar-refractivity contribution in [3.05, 3.63) is 0 Å². The highest BCUT2D eigenvalue weighted by Crippen LogP contribution is 2.06. The van der Waals surface area contributed by atoms with E-state index in [0.29, 0.717) is 12.2 Å². The van der Waals surface area contributed by atoms with Gasteiger partial charge in [-0.1, -0.05) is 13.8 Å². The quantitative estimate of drug-likeness (QED) is 0.187. The van der Waals surface area contributed by atoms with Gasteiger partial charge in [0.2, 0.25) is 17.7 Å². The molecule has 4 atom stereocenters. The van der Waals surface area contributed by atoms with E-state index in [9.17, 15) is 29.1 Å². The van der Waals surface area contributed by atoms with E-state index in [4.69, 9.17) is 10.8 Å². The summed E-state index contributed by atoms with van der Waals surface area (Å²) in [4.78, 5) is 59.3. The molecule has 31 heavy (non-hydrogen) atoms. The molecule has 3 amide bonds. The van der Waals surface area contributed by atoms with Crippen LogP contribution in [0.25, 0.3) is 0 Å². The fourth-order valence-electron chi connectivity index (χ4n) is 2.60. The highest BCUT2D eigenvalue weighted by molar-refractivity contribution is 7.98. The molecule has 0 aromatic heterocycles. The summed E-state index contributed by atoms with van der Waals surface area (Å²) >= 11 is 1.43. The van der Waals surface area contributed by atoms with Crippen LogP contribution in [-0.4, -0.2) is 76.0 Å². The molecule has 0 aliphatic rings. The average molecular weight is 463 g/mol. The first-order valence-electron chi connectivity index (χ1n) is 9.99. The van der Waals surface area contributed by atoms with Crippen molar-refractivity contribution in [3.63, 3.8) is 0 Å². The molecule has 0 rings (SSSR count). The van der Waals surface area contributed by atoms with Gasteiger partial charge in [-0.25, -0.2) is 4.79 Å². The molecule has 0 radical (unpaired) electrons. The fourth-order valence-corrected chi connectivity index (χ4v) is 3.07. The van der Waals surface area contributed by atoms with E-state index < -0.39 is 53.8 Å². The minimum absolute atomic E-state index is 0.143. The van der Waals surface area contributed by atoms with Crippen LogP contribution in [0, 0.1) is 5.92 Å². The van der Waals surface area contributed by atoms with Gasteiger partial charge in [-0.15, -0.1) is 0 Å². The van der Waals surface area contributed by atoms with Gasteiger partial charge in [0, 0.05) is 6.42 Å². The Balaban J connectivity index is 5.08. The fraction of sp³-hybridized carbons (Fsp3) is 0.737. The zero-order valence-corrected chi connectivity index (χ0v) is 19.2. The van der Waals surface area contributed by atoms with E-state index >= 15 is 0 Å². The number of rotatable bonds is 15.